The number of likely N-dealkylation sites (tertiary alicyclic amines) is 1. The zero-order valence-corrected chi connectivity index (χ0v) is 24.0. The molecule has 41 heavy (non-hydrogen) atoms. The molecule has 2 unspecified atom stereocenters. The number of hydrogen-bond acceptors (Lipinski definition) is 7. The molecule has 1 aromatic carbocycles. The van der Waals surface area contributed by atoms with E-state index < -0.39 is 23.6 Å². The maximum atomic E-state index is 13.9. The van der Waals surface area contributed by atoms with Gasteiger partial charge in [-0.2, -0.15) is 0 Å². The number of pyridine rings is 1. The van der Waals surface area contributed by atoms with Gasteiger partial charge in [-0.15, -0.1) is 5.10 Å². The summed E-state index contributed by atoms with van der Waals surface area (Å²) in [7, 11) is 0. The second-order valence-corrected chi connectivity index (χ2v) is 12.7. The van der Waals surface area contributed by atoms with Crippen LogP contribution in [0.4, 0.5) is 11.5 Å². The van der Waals surface area contributed by atoms with Crippen LogP contribution in [0.15, 0.2) is 48.8 Å². The molecular weight excluding hydrogens is 518 g/mol. The van der Waals surface area contributed by atoms with Crippen molar-refractivity contribution < 1.29 is 14.7 Å². The van der Waals surface area contributed by atoms with Crippen LogP contribution >= 0.6 is 0 Å². The molecule has 3 aromatic rings. The number of nitrogens with zero attached hydrogens (tertiary/aromatic N) is 6. The van der Waals surface area contributed by atoms with Crippen LogP contribution < -0.4 is 10.2 Å². The van der Waals surface area contributed by atoms with Gasteiger partial charge >= 0.3 is 0 Å². The number of anilines is 2. The predicted octanol–water partition coefficient (Wildman–Crippen LogP) is 3.50. The van der Waals surface area contributed by atoms with E-state index in [1.807, 2.05) is 39.1 Å². The van der Waals surface area contributed by atoms with Crippen molar-refractivity contribution in [2.75, 3.05) is 18.0 Å². The number of carbonyl (C=O) groups is 2. The second-order valence-electron chi connectivity index (χ2n) is 12.7. The summed E-state index contributed by atoms with van der Waals surface area (Å²) < 4.78 is 1.64. The molecule has 216 valence electrons. The van der Waals surface area contributed by atoms with E-state index in [0.717, 1.165) is 49.3 Å². The minimum atomic E-state index is -0.763. The molecule has 10 nitrogen and oxygen atoms in total. The number of carbonyl (C=O) groups excluding carboxylic acids is 2. The van der Waals surface area contributed by atoms with Crippen molar-refractivity contribution >= 4 is 23.3 Å². The van der Waals surface area contributed by atoms with E-state index in [9.17, 15) is 14.7 Å². The summed E-state index contributed by atoms with van der Waals surface area (Å²) in [6.07, 6.45) is 7.43. The van der Waals surface area contributed by atoms with Gasteiger partial charge in [-0.3, -0.25) is 9.59 Å². The lowest BCUT2D eigenvalue weighted by molar-refractivity contribution is -0.144. The Morgan fingerprint density at radius 1 is 1.15 bits per heavy atom. The number of aryl methyl sites for hydroxylation is 1. The fourth-order valence-electron chi connectivity index (χ4n) is 6.09. The Labute approximate surface area is 240 Å². The van der Waals surface area contributed by atoms with Crippen molar-refractivity contribution in [2.45, 2.75) is 83.5 Å². The number of aliphatic hydroxyl groups excluding tert-OH is 1. The highest BCUT2D eigenvalue weighted by molar-refractivity contribution is 5.90. The predicted molar refractivity (Wildman–Crippen MR) is 154 cm³/mol. The van der Waals surface area contributed by atoms with E-state index in [1.54, 1.807) is 10.9 Å². The summed E-state index contributed by atoms with van der Waals surface area (Å²) in [4.78, 5) is 35.7. The van der Waals surface area contributed by atoms with Crippen LogP contribution in [0, 0.1) is 5.41 Å². The normalized spacial score (nSPS) is 21.5. The number of hydrogen-bond donors (Lipinski definition) is 2. The second kappa shape index (κ2) is 10.9. The van der Waals surface area contributed by atoms with E-state index in [0.29, 0.717) is 5.92 Å². The molecule has 2 fully saturated rings. The van der Waals surface area contributed by atoms with Crippen LogP contribution in [-0.2, 0) is 22.6 Å². The first-order valence-electron chi connectivity index (χ1n) is 14.7. The van der Waals surface area contributed by atoms with Crippen LogP contribution in [0.3, 0.4) is 0 Å². The van der Waals surface area contributed by atoms with Crippen LogP contribution in [0.2, 0.25) is 0 Å². The highest BCUT2D eigenvalue weighted by Crippen LogP contribution is 2.40. The van der Waals surface area contributed by atoms with Crippen LogP contribution in [0.5, 0.6) is 0 Å². The van der Waals surface area contributed by atoms with E-state index in [4.69, 9.17) is 0 Å². The van der Waals surface area contributed by atoms with Crippen LogP contribution in [0.1, 0.15) is 75.2 Å². The van der Waals surface area contributed by atoms with Crippen molar-refractivity contribution in [3.05, 3.63) is 65.6 Å². The van der Waals surface area contributed by atoms with E-state index in [2.05, 4.69) is 49.8 Å². The van der Waals surface area contributed by atoms with E-state index in [-0.39, 0.29) is 31.3 Å². The largest absolute Gasteiger partial charge is 0.391 e. The maximum absolute atomic E-state index is 13.9. The molecule has 1 saturated heterocycles. The standard InChI is InChI=1S/C31H39N7O3/c1-31(2,3)28(38-19-24(34-35-38)21-11-12-21)30(41)37-18-23(39)15-26(37)29(40)33-17-20-10-13-27(32-16-20)36-14-6-8-22-7-4-5-9-25(22)36/h4-5,7,9-10,13,16,19,21,23,26,28,39H,6,8,11-12,14-15,17-18H2,1-3H3,(H,33,40)/t23?,26?,28-/m1/s1. The molecule has 4 heterocycles. The third kappa shape index (κ3) is 5.70. The molecule has 3 aliphatic rings. The van der Waals surface area contributed by atoms with Gasteiger partial charge in [0.2, 0.25) is 11.8 Å². The number of aliphatic hydroxyl groups is 1. The lowest BCUT2D eigenvalue weighted by atomic mass is 9.85. The number of benzene rings is 1. The van der Waals surface area contributed by atoms with E-state index in [1.165, 1.54) is 16.2 Å². The Bertz CT molecular complexity index is 1410. The number of aromatic nitrogens is 4. The Morgan fingerprint density at radius 2 is 1.95 bits per heavy atom. The van der Waals surface area contributed by atoms with Gasteiger partial charge in [-0.05, 0) is 54.4 Å². The number of fused-ring (bicyclic) bond motifs is 1. The van der Waals surface area contributed by atoms with Crippen molar-refractivity contribution in [1.29, 1.82) is 0 Å². The van der Waals surface area contributed by atoms with E-state index >= 15 is 0 Å². The summed E-state index contributed by atoms with van der Waals surface area (Å²) in [5.74, 6) is 0.794. The molecule has 1 saturated carbocycles. The van der Waals surface area contributed by atoms with Crippen LogP contribution in [-0.4, -0.2) is 67.0 Å². The van der Waals surface area contributed by atoms with Gasteiger partial charge in [0.25, 0.3) is 0 Å². The maximum Gasteiger partial charge on any atom is 0.248 e. The molecule has 0 bridgehead atoms. The lowest BCUT2D eigenvalue weighted by Crippen LogP contribution is -2.50. The summed E-state index contributed by atoms with van der Waals surface area (Å²) in [5, 5.41) is 22.1. The van der Waals surface area contributed by atoms with Gasteiger partial charge in [-0.1, -0.05) is 50.3 Å². The molecule has 6 rings (SSSR count). The average Bonchev–Trinajstić information content (AvgIpc) is 3.57. The molecule has 0 spiro atoms. The van der Waals surface area contributed by atoms with Crippen molar-refractivity contribution in [1.82, 2.24) is 30.2 Å². The Balaban J connectivity index is 1.12. The lowest BCUT2D eigenvalue weighted by Gasteiger charge is -2.34. The Morgan fingerprint density at radius 3 is 2.68 bits per heavy atom. The highest BCUT2D eigenvalue weighted by atomic mass is 16.3. The van der Waals surface area contributed by atoms with Crippen molar-refractivity contribution in [3.63, 3.8) is 0 Å². The number of β-amino-alcohol motifs (C(OH)–C–C–N with tert-alkyl or cyclic N) is 1. The summed E-state index contributed by atoms with van der Waals surface area (Å²) >= 11 is 0. The molecule has 2 amide bonds. The molecular formula is C31H39N7O3. The van der Waals surface area contributed by atoms with Gasteiger partial charge in [0.1, 0.15) is 17.9 Å². The number of rotatable bonds is 7. The third-order valence-corrected chi connectivity index (χ3v) is 8.37. The fourth-order valence-corrected chi connectivity index (χ4v) is 6.09. The smallest absolute Gasteiger partial charge is 0.248 e. The Hall–Kier alpha value is -3.79. The first kappa shape index (κ1) is 27.4. The number of nitrogens with one attached hydrogen (secondary N) is 1. The average molecular weight is 558 g/mol. The minimum absolute atomic E-state index is 0.112. The van der Waals surface area contributed by atoms with Gasteiger partial charge in [0.15, 0.2) is 0 Å². The SMILES string of the molecule is CC(C)(C)[C@@H](C(=O)N1CC(O)CC1C(=O)NCc1ccc(N2CCCc3ccccc32)nc1)n1cc(C2CC2)nn1. The molecule has 2 aliphatic heterocycles. The molecule has 0 radical (unpaired) electrons. The molecule has 3 atom stereocenters. The zero-order chi connectivity index (χ0) is 28.7. The van der Waals surface area contributed by atoms with Gasteiger partial charge in [0, 0.05) is 50.1 Å². The van der Waals surface area contributed by atoms with Gasteiger partial charge in [0.05, 0.1) is 11.8 Å². The fraction of sp³-hybridized carbons (Fsp3) is 0.516. The van der Waals surface area contributed by atoms with Gasteiger partial charge < -0.3 is 20.2 Å². The highest BCUT2D eigenvalue weighted by Gasteiger charge is 2.45. The third-order valence-electron chi connectivity index (χ3n) is 8.37. The number of amides is 2. The summed E-state index contributed by atoms with van der Waals surface area (Å²) in [6.45, 7) is 7.26. The first-order valence-corrected chi connectivity index (χ1v) is 14.7. The summed E-state index contributed by atoms with van der Waals surface area (Å²) in [5.41, 5.74) is 3.83. The van der Waals surface area contributed by atoms with Crippen molar-refractivity contribution in [3.8, 4) is 0 Å². The minimum Gasteiger partial charge on any atom is -0.391 e. The zero-order valence-electron chi connectivity index (χ0n) is 24.0. The topological polar surface area (TPSA) is 116 Å². The van der Waals surface area contributed by atoms with Crippen molar-refractivity contribution in [2.24, 2.45) is 5.41 Å². The molecule has 2 aromatic heterocycles. The Kier molecular flexibility index (Phi) is 7.27. The monoisotopic (exact) mass is 557 g/mol. The molecule has 1 aliphatic carbocycles. The van der Waals surface area contributed by atoms with Gasteiger partial charge in [-0.25, -0.2) is 9.67 Å². The number of para-hydroxylation sites is 1. The molecule has 2 N–H and O–H groups in total. The quantitative estimate of drug-likeness (QED) is 0.457. The first-order chi connectivity index (χ1) is 19.7. The summed E-state index contributed by atoms with van der Waals surface area (Å²) in [6, 6.07) is 11.0. The van der Waals surface area contributed by atoms with Crippen LogP contribution in [0.25, 0.3) is 0 Å². The molecule has 10 heteroatoms.